The minimum Gasteiger partial charge on any atom is -0.356 e. The standard InChI is InChI=1S/C50H68N12O8S/c1-32-45(65)55-37(46(66)54-36-19-9-8-18-35(36)48(68)62-27-15-21-39(62)49(69)60(2)40(47(67)53-32)28-33-16-5-3-6-17-33)20-12-14-26-61-30-34(58-59-61)29-52-43(64)23-7-4-13-25-51-42(63)24-11-10-22-41-44-38(31-71-41)56-50(70)57-44/h3,5-6,8-9,16-19,30,32,37-41,44H,4,7,10-15,20-29,31H2,1-2H3,(H,51,63)(H,52,64)(H,53,67)(H,54,66)(H,55,65)(H2,56,57,70)/t32-,37+,38+,39+,40-,41+,44+/m1/s1. The molecule has 3 saturated heterocycles. The number of nitrogens with zero attached hydrogens (tertiary/aromatic N) is 5. The third-order valence-electron chi connectivity index (χ3n) is 13.7. The van der Waals surface area contributed by atoms with Gasteiger partial charge >= 0.3 is 6.03 Å². The van der Waals surface area contributed by atoms with Crippen molar-refractivity contribution < 1.29 is 38.4 Å². The van der Waals surface area contributed by atoms with Crippen LogP contribution in [0.3, 0.4) is 0 Å². The lowest BCUT2D eigenvalue weighted by atomic mass is 10.0. The molecular weight excluding hydrogens is 929 g/mol. The lowest BCUT2D eigenvalue weighted by Crippen LogP contribution is -2.58. The van der Waals surface area contributed by atoms with Crippen LogP contribution in [-0.2, 0) is 48.3 Å². The third-order valence-corrected chi connectivity index (χ3v) is 15.2. The predicted molar refractivity (Wildman–Crippen MR) is 267 cm³/mol. The number of unbranched alkanes of at least 4 members (excludes halogenated alkanes) is 4. The van der Waals surface area contributed by atoms with Crippen molar-refractivity contribution in [2.45, 2.75) is 151 Å². The number of urea groups is 1. The van der Waals surface area contributed by atoms with Gasteiger partial charge in [-0.15, -0.1) is 5.10 Å². The maximum Gasteiger partial charge on any atom is 0.315 e. The normalized spacial score (nSPS) is 23.7. The van der Waals surface area contributed by atoms with Crippen LogP contribution in [-0.4, -0.2) is 140 Å². The number of amides is 9. The minimum absolute atomic E-state index is 0.0362. The maximum atomic E-state index is 14.2. The van der Waals surface area contributed by atoms with Crippen LogP contribution in [0.5, 0.6) is 0 Å². The number of fused-ring (bicyclic) bond motifs is 3. The lowest BCUT2D eigenvalue weighted by molar-refractivity contribution is -0.142. The number of nitrogens with one attached hydrogen (secondary N) is 7. The van der Waals surface area contributed by atoms with E-state index >= 15 is 0 Å². The number of benzene rings is 2. The summed E-state index contributed by atoms with van der Waals surface area (Å²) in [5.41, 5.74) is 1.86. The number of hydrogen-bond donors (Lipinski definition) is 7. The summed E-state index contributed by atoms with van der Waals surface area (Å²) >= 11 is 1.88. The number of hydrogen-bond acceptors (Lipinski definition) is 11. The van der Waals surface area contributed by atoms with Gasteiger partial charge in [-0.05, 0) is 82.4 Å². The van der Waals surface area contributed by atoms with E-state index in [4.69, 9.17) is 0 Å². The Hall–Kier alpha value is -6.51. The molecule has 7 N–H and O–H groups in total. The summed E-state index contributed by atoms with van der Waals surface area (Å²) in [6.45, 7) is 3.10. The van der Waals surface area contributed by atoms with E-state index in [-0.39, 0.29) is 66.5 Å². The molecule has 0 radical (unpaired) electrons. The van der Waals surface area contributed by atoms with Crippen molar-refractivity contribution in [1.29, 1.82) is 0 Å². The van der Waals surface area contributed by atoms with E-state index in [1.165, 1.54) is 16.7 Å². The number of para-hydroxylation sites is 1. The van der Waals surface area contributed by atoms with E-state index < -0.39 is 47.8 Å². The first kappa shape index (κ1) is 52.3. The molecule has 20 nitrogen and oxygen atoms in total. The molecule has 0 unspecified atom stereocenters. The summed E-state index contributed by atoms with van der Waals surface area (Å²) in [5, 5.41) is 29.1. The smallest absolute Gasteiger partial charge is 0.315 e. The van der Waals surface area contributed by atoms with Crippen molar-refractivity contribution in [2.75, 3.05) is 31.2 Å². The zero-order chi connectivity index (χ0) is 50.3. The largest absolute Gasteiger partial charge is 0.356 e. The highest BCUT2D eigenvalue weighted by Crippen LogP contribution is 2.33. The van der Waals surface area contributed by atoms with Crippen molar-refractivity contribution in [3.63, 3.8) is 0 Å². The molecule has 3 fully saturated rings. The van der Waals surface area contributed by atoms with Gasteiger partial charge in [-0.2, -0.15) is 11.8 Å². The molecule has 21 heteroatoms. The SMILES string of the molecule is C[C@H]1NC(=O)[C@@H](Cc2ccccc2)N(C)C(=O)[C@@H]2CCCN2C(=O)c2ccccc2NC(=O)[C@H](CCCCn2cc(CNC(=O)CCCCCNC(=O)CCCC[C@@H]3SC[C@@H]4NC(=O)N[C@@H]43)nn2)NC1=O. The summed E-state index contributed by atoms with van der Waals surface area (Å²) < 4.78 is 1.66. The highest BCUT2D eigenvalue weighted by Gasteiger charge is 2.43. The molecule has 2 aromatic carbocycles. The number of aryl methyl sites for hydroxylation is 1. The van der Waals surface area contributed by atoms with Crippen LogP contribution in [0.1, 0.15) is 112 Å². The Labute approximate surface area is 418 Å². The Morgan fingerprint density at radius 1 is 0.789 bits per heavy atom. The van der Waals surface area contributed by atoms with E-state index in [1.54, 1.807) is 42.2 Å². The molecule has 4 aliphatic rings. The molecule has 7 atom stereocenters. The highest BCUT2D eigenvalue weighted by atomic mass is 32.2. The number of thioether (sulfide) groups is 1. The molecule has 0 spiro atoms. The zero-order valence-electron chi connectivity index (χ0n) is 40.7. The summed E-state index contributed by atoms with van der Waals surface area (Å²) in [7, 11) is 1.55. The topological polar surface area (TPSA) is 258 Å². The van der Waals surface area contributed by atoms with Gasteiger partial charge < -0.3 is 47.0 Å². The molecule has 7 rings (SSSR count). The Morgan fingerprint density at radius 3 is 2.35 bits per heavy atom. The van der Waals surface area contributed by atoms with Crippen LogP contribution in [0, 0.1) is 0 Å². The van der Waals surface area contributed by atoms with E-state index in [1.807, 2.05) is 42.1 Å². The number of aromatic nitrogens is 3. The van der Waals surface area contributed by atoms with E-state index in [9.17, 15) is 38.4 Å². The second-order valence-corrected chi connectivity index (χ2v) is 20.2. The zero-order valence-corrected chi connectivity index (χ0v) is 41.5. The molecule has 71 heavy (non-hydrogen) atoms. The quantitative estimate of drug-likeness (QED) is 0.0640. The summed E-state index contributed by atoms with van der Waals surface area (Å²) in [6.07, 6.45) is 10.0. The molecule has 0 bridgehead atoms. The molecule has 4 aliphatic heterocycles. The van der Waals surface area contributed by atoms with Gasteiger partial charge in [0.1, 0.15) is 29.9 Å². The first-order valence-corrected chi connectivity index (χ1v) is 26.1. The average Bonchev–Trinajstić information content (AvgIpc) is 4.19. The third kappa shape index (κ3) is 14.5. The molecule has 9 amide bonds. The van der Waals surface area contributed by atoms with Gasteiger partial charge in [-0.3, -0.25) is 38.2 Å². The predicted octanol–water partition coefficient (Wildman–Crippen LogP) is 2.78. The number of rotatable bonds is 20. The van der Waals surface area contributed by atoms with Gasteiger partial charge in [0.25, 0.3) is 5.91 Å². The molecule has 382 valence electrons. The fourth-order valence-corrected chi connectivity index (χ4v) is 11.1. The lowest BCUT2D eigenvalue weighted by Gasteiger charge is -2.33. The maximum absolute atomic E-state index is 14.2. The second kappa shape index (κ2) is 25.6. The molecule has 1 aromatic heterocycles. The first-order chi connectivity index (χ1) is 34.3. The van der Waals surface area contributed by atoms with Gasteiger partial charge in [-0.25, -0.2) is 4.79 Å². The molecule has 0 saturated carbocycles. The van der Waals surface area contributed by atoms with Crippen molar-refractivity contribution in [1.82, 2.24) is 56.7 Å². The molecule has 0 aliphatic carbocycles. The number of anilines is 1. The second-order valence-electron chi connectivity index (χ2n) is 18.9. The number of carbonyl (C=O) groups excluding carboxylic acids is 8. The van der Waals surface area contributed by atoms with E-state index in [0.29, 0.717) is 75.5 Å². The van der Waals surface area contributed by atoms with E-state index in [0.717, 1.165) is 43.4 Å². The average molecular weight is 997 g/mol. The van der Waals surface area contributed by atoms with Gasteiger partial charge in [-0.1, -0.05) is 60.5 Å². The van der Waals surface area contributed by atoms with Crippen LogP contribution < -0.4 is 37.2 Å². The Bertz CT molecular complexity index is 2370. The van der Waals surface area contributed by atoms with Crippen molar-refractivity contribution in [3.8, 4) is 0 Å². The van der Waals surface area contributed by atoms with Crippen molar-refractivity contribution in [3.05, 3.63) is 77.6 Å². The number of carbonyl (C=O) groups is 8. The van der Waals surface area contributed by atoms with Crippen molar-refractivity contribution in [2.24, 2.45) is 0 Å². The van der Waals surface area contributed by atoms with Gasteiger partial charge in [0, 0.05) is 56.9 Å². The number of likely N-dealkylation sites (N-methyl/N-ethyl adjacent to an activating group) is 1. The van der Waals surface area contributed by atoms with E-state index in [2.05, 4.69) is 47.5 Å². The Kier molecular flexibility index (Phi) is 18.8. The highest BCUT2D eigenvalue weighted by molar-refractivity contribution is 8.00. The van der Waals surface area contributed by atoms with Gasteiger partial charge in [0.05, 0.1) is 36.1 Å². The summed E-state index contributed by atoms with van der Waals surface area (Å²) in [4.78, 5) is 109. The minimum atomic E-state index is -1.06. The summed E-state index contributed by atoms with van der Waals surface area (Å²) in [5.74, 6) is -1.62. The monoisotopic (exact) mass is 997 g/mol. The molecular formula is C50H68N12O8S. The van der Waals surface area contributed by atoms with Gasteiger partial charge in [0.15, 0.2) is 0 Å². The van der Waals surface area contributed by atoms with Gasteiger partial charge in [0.2, 0.25) is 35.4 Å². The van der Waals surface area contributed by atoms with Crippen LogP contribution in [0.15, 0.2) is 60.8 Å². The Balaban J connectivity index is 0.847. The van der Waals surface area contributed by atoms with Crippen LogP contribution in [0.25, 0.3) is 0 Å². The molecule has 3 aromatic rings. The first-order valence-electron chi connectivity index (χ1n) is 25.1. The fraction of sp³-hybridized carbons (Fsp3) is 0.560. The van der Waals surface area contributed by atoms with Crippen molar-refractivity contribution >= 4 is 64.8 Å². The molecule has 5 heterocycles. The summed E-state index contributed by atoms with van der Waals surface area (Å²) in [6, 6.07) is 12.3. The van der Waals surface area contributed by atoms with Crippen LogP contribution >= 0.6 is 11.8 Å². The fourth-order valence-electron chi connectivity index (χ4n) is 9.60. The van der Waals surface area contributed by atoms with Crippen LogP contribution in [0.2, 0.25) is 0 Å². The van der Waals surface area contributed by atoms with Crippen LogP contribution in [0.4, 0.5) is 10.5 Å². The Morgan fingerprint density at radius 2 is 1.54 bits per heavy atom.